The summed E-state index contributed by atoms with van der Waals surface area (Å²) in [6.07, 6.45) is 0. The first-order valence-electron chi connectivity index (χ1n) is 5.73. The molecule has 0 aliphatic heterocycles. The maximum absolute atomic E-state index is 10.9. The van der Waals surface area contributed by atoms with Crippen molar-refractivity contribution in [2.75, 3.05) is 38.3 Å². The number of primary sulfonamides is 1. The number of hydrogen-bond acceptors (Lipinski definition) is 4. The lowest BCUT2D eigenvalue weighted by atomic mass is 10.2. The average Bonchev–Trinajstić information content (AvgIpc) is 2.26. The van der Waals surface area contributed by atoms with Crippen LogP contribution < -0.4 is 10.0 Å². The third-order valence-corrected chi connectivity index (χ3v) is 3.39. The van der Waals surface area contributed by atoms with Gasteiger partial charge in [-0.2, -0.15) is 0 Å². The summed E-state index contributed by atoms with van der Waals surface area (Å²) in [5.41, 5.74) is 2.28. The molecule has 0 fully saturated rings. The topological polar surface area (TPSA) is 66.6 Å². The molecule has 18 heavy (non-hydrogen) atoms. The van der Waals surface area contributed by atoms with Crippen molar-refractivity contribution in [3.05, 3.63) is 29.8 Å². The Bertz CT molecular complexity index is 486. The van der Waals surface area contributed by atoms with E-state index in [1.807, 2.05) is 49.1 Å². The molecule has 0 saturated carbocycles. The highest BCUT2D eigenvalue weighted by Crippen LogP contribution is 2.14. The molecule has 0 saturated heterocycles. The Hall–Kier alpha value is -1.11. The van der Waals surface area contributed by atoms with Crippen molar-refractivity contribution in [2.24, 2.45) is 5.14 Å². The van der Waals surface area contributed by atoms with Crippen LogP contribution in [0.25, 0.3) is 0 Å². The molecule has 0 unspecified atom stereocenters. The van der Waals surface area contributed by atoms with E-state index in [0.29, 0.717) is 13.1 Å². The quantitative estimate of drug-likeness (QED) is 0.817. The molecule has 0 amide bonds. The summed E-state index contributed by atoms with van der Waals surface area (Å²) in [7, 11) is 2.48. The van der Waals surface area contributed by atoms with Gasteiger partial charge in [0.2, 0.25) is 10.0 Å². The van der Waals surface area contributed by atoms with Crippen LogP contribution in [-0.2, 0) is 16.6 Å². The highest BCUT2D eigenvalue weighted by Gasteiger charge is 2.07. The van der Waals surface area contributed by atoms with Gasteiger partial charge in [0.05, 0.1) is 5.75 Å². The summed E-state index contributed by atoms with van der Waals surface area (Å²) >= 11 is 0. The Balaban J connectivity index is 2.59. The van der Waals surface area contributed by atoms with E-state index in [1.165, 1.54) is 0 Å². The van der Waals surface area contributed by atoms with E-state index >= 15 is 0 Å². The lowest BCUT2D eigenvalue weighted by Crippen LogP contribution is -2.28. The molecule has 102 valence electrons. The normalized spacial score (nSPS) is 11.8. The second-order valence-electron chi connectivity index (χ2n) is 4.67. The molecule has 0 radical (unpaired) electrons. The summed E-state index contributed by atoms with van der Waals surface area (Å²) in [6, 6.07) is 8.15. The van der Waals surface area contributed by atoms with Gasteiger partial charge in [0.1, 0.15) is 0 Å². The monoisotopic (exact) mass is 271 g/mol. The third-order valence-electron chi connectivity index (χ3n) is 2.64. The molecule has 0 bridgehead atoms. The number of hydrogen-bond donors (Lipinski definition) is 1. The first-order chi connectivity index (χ1) is 8.28. The molecule has 6 heteroatoms. The molecule has 1 aromatic carbocycles. The lowest BCUT2D eigenvalue weighted by molar-refractivity contribution is 0.346. The molecular formula is C12H21N3O2S. The van der Waals surface area contributed by atoms with Crippen molar-refractivity contribution in [3.63, 3.8) is 0 Å². The molecule has 0 aliphatic carbocycles. The first-order valence-corrected chi connectivity index (χ1v) is 7.45. The first kappa shape index (κ1) is 14.9. The van der Waals surface area contributed by atoms with Gasteiger partial charge in [-0.3, -0.25) is 0 Å². The molecule has 1 rings (SSSR count). The van der Waals surface area contributed by atoms with Gasteiger partial charge in [0.25, 0.3) is 0 Å². The molecule has 0 spiro atoms. The molecule has 2 N–H and O–H groups in total. The van der Waals surface area contributed by atoms with Gasteiger partial charge < -0.3 is 9.80 Å². The fourth-order valence-corrected chi connectivity index (χ4v) is 2.17. The van der Waals surface area contributed by atoms with Crippen LogP contribution >= 0.6 is 0 Å². The zero-order valence-electron chi connectivity index (χ0n) is 11.1. The van der Waals surface area contributed by atoms with Gasteiger partial charge >= 0.3 is 0 Å². The summed E-state index contributed by atoms with van der Waals surface area (Å²) in [4.78, 5) is 3.98. The number of benzene rings is 1. The molecule has 1 aromatic rings. The SMILES string of the molecule is CN(CCS(N)(=O)=O)Cc1cccc(N(C)C)c1. The molecule has 0 heterocycles. The van der Waals surface area contributed by atoms with E-state index in [9.17, 15) is 8.42 Å². The second kappa shape index (κ2) is 6.17. The fourth-order valence-electron chi connectivity index (χ4n) is 1.61. The van der Waals surface area contributed by atoms with Crippen LogP contribution in [-0.4, -0.2) is 46.8 Å². The van der Waals surface area contributed by atoms with Gasteiger partial charge in [0.15, 0.2) is 0 Å². The third kappa shape index (κ3) is 5.48. The highest BCUT2D eigenvalue weighted by molar-refractivity contribution is 7.89. The zero-order valence-corrected chi connectivity index (χ0v) is 11.9. The number of sulfonamides is 1. The number of anilines is 1. The van der Waals surface area contributed by atoms with Crippen LogP contribution in [0.15, 0.2) is 24.3 Å². The Kier molecular flexibility index (Phi) is 5.13. The van der Waals surface area contributed by atoms with Crippen LogP contribution in [0.1, 0.15) is 5.56 Å². The predicted octanol–water partition coefficient (Wildman–Crippen LogP) is 0.473. The Morgan fingerprint density at radius 1 is 1.22 bits per heavy atom. The summed E-state index contributed by atoms with van der Waals surface area (Å²) < 4.78 is 21.8. The van der Waals surface area contributed by atoms with Crippen LogP contribution in [0.5, 0.6) is 0 Å². The van der Waals surface area contributed by atoms with Gasteiger partial charge in [-0.25, -0.2) is 13.6 Å². The minimum absolute atomic E-state index is 0.0170. The number of nitrogens with zero attached hydrogens (tertiary/aromatic N) is 2. The van der Waals surface area contributed by atoms with Crippen molar-refractivity contribution in [1.29, 1.82) is 0 Å². The molecule has 5 nitrogen and oxygen atoms in total. The van der Waals surface area contributed by atoms with E-state index in [2.05, 4.69) is 6.07 Å². The second-order valence-corrected chi connectivity index (χ2v) is 6.40. The van der Waals surface area contributed by atoms with Crippen LogP contribution in [0.4, 0.5) is 5.69 Å². The van der Waals surface area contributed by atoms with Crippen LogP contribution in [0, 0.1) is 0 Å². The van der Waals surface area contributed by atoms with Gasteiger partial charge in [0, 0.05) is 32.9 Å². The smallest absolute Gasteiger partial charge is 0.210 e. The Morgan fingerprint density at radius 3 is 2.44 bits per heavy atom. The van der Waals surface area contributed by atoms with Crippen molar-refractivity contribution in [1.82, 2.24) is 4.90 Å². The molecule has 0 aliphatic rings. The standard InChI is InChI=1S/C12H21N3O2S/c1-14(2)12-6-4-5-11(9-12)10-15(3)7-8-18(13,16)17/h4-6,9H,7-8,10H2,1-3H3,(H2,13,16,17). The van der Waals surface area contributed by atoms with Gasteiger partial charge in [-0.05, 0) is 24.7 Å². The Labute approximate surface area is 109 Å². The molecule has 0 aromatic heterocycles. The maximum atomic E-state index is 10.9. The largest absolute Gasteiger partial charge is 0.378 e. The van der Waals surface area contributed by atoms with E-state index in [-0.39, 0.29) is 5.75 Å². The van der Waals surface area contributed by atoms with Gasteiger partial charge in [-0.15, -0.1) is 0 Å². The van der Waals surface area contributed by atoms with Crippen molar-refractivity contribution in [3.8, 4) is 0 Å². The maximum Gasteiger partial charge on any atom is 0.210 e. The van der Waals surface area contributed by atoms with E-state index in [1.54, 1.807) is 0 Å². The van der Waals surface area contributed by atoms with Crippen LogP contribution in [0.2, 0.25) is 0 Å². The average molecular weight is 271 g/mol. The lowest BCUT2D eigenvalue weighted by Gasteiger charge is -2.18. The highest BCUT2D eigenvalue weighted by atomic mass is 32.2. The Morgan fingerprint density at radius 2 is 1.89 bits per heavy atom. The van der Waals surface area contributed by atoms with Crippen molar-refractivity contribution >= 4 is 15.7 Å². The number of nitrogens with two attached hydrogens (primary N) is 1. The van der Waals surface area contributed by atoms with E-state index < -0.39 is 10.0 Å². The van der Waals surface area contributed by atoms with Crippen molar-refractivity contribution in [2.45, 2.75) is 6.54 Å². The molecular weight excluding hydrogens is 250 g/mol. The minimum Gasteiger partial charge on any atom is -0.378 e. The van der Waals surface area contributed by atoms with E-state index in [4.69, 9.17) is 5.14 Å². The zero-order chi connectivity index (χ0) is 13.8. The molecule has 0 atom stereocenters. The summed E-state index contributed by atoms with van der Waals surface area (Å²) in [6.45, 7) is 1.14. The van der Waals surface area contributed by atoms with Gasteiger partial charge in [-0.1, -0.05) is 12.1 Å². The minimum atomic E-state index is -3.38. The van der Waals surface area contributed by atoms with E-state index in [0.717, 1.165) is 11.3 Å². The fraction of sp³-hybridized carbons (Fsp3) is 0.500. The van der Waals surface area contributed by atoms with Crippen molar-refractivity contribution < 1.29 is 8.42 Å². The predicted molar refractivity (Wildman–Crippen MR) is 75.1 cm³/mol. The number of rotatable bonds is 6. The van der Waals surface area contributed by atoms with Crippen LogP contribution in [0.3, 0.4) is 0 Å². The summed E-state index contributed by atoms with van der Waals surface area (Å²) in [5.74, 6) is -0.0170. The summed E-state index contributed by atoms with van der Waals surface area (Å²) in [5, 5.41) is 4.98.